The Kier molecular flexibility index (Phi) is 6.75. The predicted molar refractivity (Wildman–Crippen MR) is 210 cm³/mol. The monoisotopic (exact) mass is 644 g/mol. The lowest BCUT2D eigenvalue weighted by molar-refractivity contribution is 0.573. The number of rotatable bonds is 2. The van der Waals surface area contributed by atoms with E-state index in [2.05, 4.69) is 169 Å². The predicted octanol–water partition coefficient (Wildman–Crippen LogP) is 13.2. The largest absolute Gasteiger partial charge is 0.299 e. The molecule has 3 heterocycles. The van der Waals surface area contributed by atoms with Gasteiger partial charge < -0.3 is 0 Å². The van der Waals surface area contributed by atoms with E-state index < -0.39 is 0 Å². The van der Waals surface area contributed by atoms with Crippen LogP contribution in [0.5, 0.6) is 0 Å². The molecule has 3 heteroatoms. The molecule has 2 nitrogen and oxygen atoms in total. The average Bonchev–Trinajstić information content (AvgIpc) is 3.68. The zero-order chi connectivity index (χ0) is 33.7. The molecule has 240 valence electrons. The van der Waals surface area contributed by atoms with E-state index >= 15 is 0 Å². The Balaban J connectivity index is 1.38. The van der Waals surface area contributed by atoms with Gasteiger partial charge in [0, 0.05) is 43.3 Å². The van der Waals surface area contributed by atoms with Crippen LogP contribution in [0.25, 0.3) is 69.7 Å². The first-order valence-electron chi connectivity index (χ1n) is 17.1. The van der Waals surface area contributed by atoms with Gasteiger partial charge in [0.05, 0.1) is 5.52 Å². The van der Waals surface area contributed by atoms with Crippen LogP contribution in [-0.4, -0.2) is 9.38 Å². The standard InChI is InChI=1S/C45H44N2S/c1-43(2,3)30-23-34(40-36(24-30)37-25-31(44(4,5)6)26-38(41(37)48-40)45(7,8)9)29-14-12-13-27(21-29)28-17-18-39-35(22-28)32-15-10-11-16-33(32)42-46-19-20-47(39)42/h10-26H,1-9H3. The molecule has 0 atom stereocenters. The SMILES string of the molecule is CC(C)(C)c1cc(-c2cccc(-c3ccc4c(c3)c3ccccc3c3nccn43)c2)c2sc3c(C(C)(C)C)cc(C(C)(C)C)cc3c2c1. The van der Waals surface area contributed by atoms with Gasteiger partial charge in [0.2, 0.25) is 0 Å². The summed E-state index contributed by atoms with van der Waals surface area (Å²) >= 11 is 1.97. The minimum absolute atomic E-state index is 0.0152. The number of hydrogen-bond acceptors (Lipinski definition) is 2. The Morgan fingerprint density at radius 1 is 0.521 bits per heavy atom. The second-order valence-electron chi connectivity index (χ2n) is 16.6. The Morgan fingerprint density at radius 2 is 1.17 bits per heavy atom. The average molecular weight is 645 g/mol. The molecule has 0 spiro atoms. The van der Waals surface area contributed by atoms with Crippen molar-refractivity contribution in [1.82, 2.24) is 9.38 Å². The molecule has 0 unspecified atom stereocenters. The van der Waals surface area contributed by atoms with Crippen molar-refractivity contribution in [3.8, 4) is 22.3 Å². The van der Waals surface area contributed by atoms with Crippen LogP contribution in [0.15, 0.2) is 103 Å². The molecular formula is C45H44N2S. The Labute approximate surface area is 288 Å². The summed E-state index contributed by atoms with van der Waals surface area (Å²) < 4.78 is 5.00. The zero-order valence-electron chi connectivity index (χ0n) is 29.6. The van der Waals surface area contributed by atoms with Crippen molar-refractivity contribution < 1.29 is 0 Å². The van der Waals surface area contributed by atoms with Crippen molar-refractivity contribution in [2.75, 3.05) is 0 Å². The van der Waals surface area contributed by atoms with E-state index in [1.807, 2.05) is 17.5 Å². The van der Waals surface area contributed by atoms with Crippen LogP contribution in [-0.2, 0) is 16.2 Å². The normalized spacial score (nSPS) is 13.1. The highest BCUT2D eigenvalue weighted by atomic mass is 32.1. The lowest BCUT2D eigenvalue weighted by atomic mass is 9.79. The first-order valence-corrected chi connectivity index (χ1v) is 17.9. The minimum atomic E-state index is 0.0152. The van der Waals surface area contributed by atoms with Gasteiger partial charge in [-0.1, -0.05) is 117 Å². The third-order valence-electron chi connectivity index (χ3n) is 10.1. The molecular weight excluding hydrogens is 601 g/mol. The van der Waals surface area contributed by atoms with Crippen LogP contribution < -0.4 is 0 Å². The number of thiophene rings is 1. The molecule has 0 aliphatic heterocycles. The summed E-state index contributed by atoms with van der Waals surface area (Å²) in [5.74, 6) is 0. The maximum Gasteiger partial charge on any atom is 0.145 e. The number of fused-ring (bicyclic) bond motifs is 9. The van der Waals surface area contributed by atoms with Crippen LogP contribution in [0.3, 0.4) is 0 Å². The quantitative estimate of drug-likeness (QED) is 0.171. The van der Waals surface area contributed by atoms with Gasteiger partial charge in [0.25, 0.3) is 0 Å². The number of imidazole rings is 1. The second kappa shape index (κ2) is 10.5. The molecule has 8 aromatic rings. The van der Waals surface area contributed by atoms with Gasteiger partial charge in [0.15, 0.2) is 0 Å². The molecule has 0 bridgehead atoms. The number of nitrogens with zero attached hydrogens (tertiary/aromatic N) is 2. The van der Waals surface area contributed by atoms with E-state index in [4.69, 9.17) is 0 Å². The Bertz CT molecular complexity index is 2560. The highest BCUT2D eigenvalue weighted by Gasteiger charge is 2.26. The third-order valence-corrected chi connectivity index (χ3v) is 11.4. The number of hydrogen-bond donors (Lipinski definition) is 0. The van der Waals surface area contributed by atoms with E-state index in [1.54, 1.807) is 0 Å². The van der Waals surface area contributed by atoms with Gasteiger partial charge in [0.1, 0.15) is 5.65 Å². The van der Waals surface area contributed by atoms with Crippen molar-refractivity contribution in [3.05, 3.63) is 120 Å². The summed E-state index contributed by atoms with van der Waals surface area (Å²) in [7, 11) is 0. The fourth-order valence-electron chi connectivity index (χ4n) is 7.24. The number of benzene rings is 5. The smallest absolute Gasteiger partial charge is 0.145 e. The van der Waals surface area contributed by atoms with Crippen LogP contribution >= 0.6 is 11.3 Å². The Morgan fingerprint density at radius 3 is 1.88 bits per heavy atom. The molecule has 5 aromatic carbocycles. The Hall–Kier alpha value is -4.47. The molecule has 0 fully saturated rings. The van der Waals surface area contributed by atoms with Crippen molar-refractivity contribution in [3.63, 3.8) is 0 Å². The summed E-state index contributed by atoms with van der Waals surface area (Å²) in [5, 5.41) is 6.42. The maximum absolute atomic E-state index is 4.69. The van der Waals surface area contributed by atoms with Gasteiger partial charge in [-0.25, -0.2) is 4.98 Å². The lowest BCUT2D eigenvalue weighted by Crippen LogP contribution is -2.16. The van der Waals surface area contributed by atoms with E-state index in [0.29, 0.717) is 0 Å². The lowest BCUT2D eigenvalue weighted by Gasteiger charge is -2.26. The first-order chi connectivity index (χ1) is 22.7. The topological polar surface area (TPSA) is 17.3 Å². The number of pyridine rings is 1. The fraction of sp³-hybridized carbons (Fsp3) is 0.267. The van der Waals surface area contributed by atoms with Gasteiger partial charge in [-0.2, -0.15) is 0 Å². The molecule has 3 aromatic heterocycles. The van der Waals surface area contributed by atoms with Crippen molar-refractivity contribution in [2.45, 2.75) is 78.6 Å². The fourth-order valence-corrected chi connectivity index (χ4v) is 8.76. The van der Waals surface area contributed by atoms with E-state index in [-0.39, 0.29) is 16.2 Å². The third kappa shape index (κ3) is 4.94. The highest BCUT2D eigenvalue weighted by Crippen LogP contribution is 2.47. The van der Waals surface area contributed by atoms with Gasteiger partial charge in [-0.15, -0.1) is 11.3 Å². The van der Waals surface area contributed by atoms with Crippen LogP contribution in [0.4, 0.5) is 0 Å². The molecule has 0 N–H and O–H groups in total. The molecule has 0 aliphatic rings. The summed E-state index contributed by atoms with van der Waals surface area (Å²) in [4.78, 5) is 4.69. The zero-order valence-corrected chi connectivity index (χ0v) is 30.4. The van der Waals surface area contributed by atoms with Gasteiger partial charge in [-0.05, 0) is 97.0 Å². The molecule has 48 heavy (non-hydrogen) atoms. The van der Waals surface area contributed by atoms with E-state index in [0.717, 1.165) is 5.65 Å². The maximum atomic E-state index is 4.69. The molecule has 8 rings (SSSR count). The molecule has 0 saturated heterocycles. The van der Waals surface area contributed by atoms with E-state index in [1.165, 1.54) is 80.8 Å². The summed E-state index contributed by atoms with van der Waals surface area (Å²) in [6, 6.07) is 34.6. The minimum Gasteiger partial charge on any atom is -0.299 e. The van der Waals surface area contributed by atoms with Crippen molar-refractivity contribution in [1.29, 1.82) is 0 Å². The highest BCUT2D eigenvalue weighted by molar-refractivity contribution is 7.26. The molecule has 0 saturated carbocycles. The summed E-state index contributed by atoms with van der Waals surface area (Å²) in [5.41, 5.74) is 11.5. The van der Waals surface area contributed by atoms with E-state index in [9.17, 15) is 0 Å². The van der Waals surface area contributed by atoms with Crippen LogP contribution in [0, 0.1) is 0 Å². The second-order valence-corrected chi connectivity index (χ2v) is 17.7. The molecule has 0 radical (unpaired) electrons. The summed E-state index contributed by atoms with van der Waals surface area (Å²) in [6.07, 6.45) is 3.96. The van der Waals surface area contributed by atoms with Gasteiger partial charge in [-0.3, -0.25) is 4.40 Å². The molecule has 0 aliphatic carbocycles. The van der Waals surface area contributed by atoms with Crippen molar-refractivity contribution in [2.24, 2.45) is 0 Å². The van der Waals surface area contributed by atoms with Crippen molar-refractivity contribution >= 4 is 58.8 Å². The molecule has 0 amide bonds. The van der Waals surface area contributed by atoms with Crippen LogP contribution in [0.1, 0.15) is 79.0 Å². The van der Waals surface area contributed by atoms with Gasteiger partial charge >= 0.3 is 0 Å². The number of aromatic nitrogens is 2. The first kappa shape index (κ1) is 30.8. The summed E-state index contributed by atoms with van der Waals surface area (Å²) in [6.45, 7) is 21.1. The van der Waals surface area contributed by atoms with Crippen LogP contribution in [0.2, 0.25) is 0 Å².